The van der Waals surface area contributed by atoms with Crippen LogP contribution in [0.1, 0.15) is 98.7 Å². The number of amides is 1. The van der Waals surface area contributed by atoms with Crippen molar-refractivity contribution in [1.29, 1.82) is 5.26 Å². The maximum Gasteiger partial charge on any atom is 1.00 e. The number of benzene rings is 2. The summed E-state index contributed by atoms with van der Waals surface area (Å²) >= 11 is 7.00. The average molecular weight is 853 g/mol. The number of hydrogen-bond acceptors (Lipinski definition) is 11. The molecule has 2 N–H and O–H groups in total. The minimum Gasteiger partial charge on any atom is -0.586 e. The van der Waals surface area contributed by atoms with E-state index in [-0.39, 0.29) is 51.6 Å². The van der Waals surface area contributed by atoms with Crippen LogP contribution in [-0.2, 0) is 29.9 Å². The number of aryl methyl sites for hydroxylation is 1. The van der Waals surface area contributed by atoms with Gasteiger partial charge in [0.05, 0.1) is 33.0 Å². The van der Waals surface area contributed by atoms with Crippen molar-refractivity contribution < 1.29 is 46.5 Å². The molecule has 1 atom stereocenters. The molecule has 7 rings (SSSR count). The molecule has 3 aliphatic rings. The maximum atomic E-state index is 14.8. The number of aromatic nitrogens is 2. The van der Waals surface area contributed by atoms with Crippen LogP contribution in [0, 0.1) is 28.7 Å². The summed E-state index contributed by atoms with van der Waals surface area (Å²) in [6, 6.07) is 11.3. The molecule has 0 spiro atoms. The van der Waals surface area contributed by atoms with Gasteiger partial charge in [-0.05, 0) is 107 Å². The van der Waals surface area contributed by atoms with Gasteiger partial charge in [-0.3, -0.25) is 23.7 Å². The number of fused-ring (bicyclic) bond motifs is 2. The van der Waals surface area contributed by atoms with Crippen LogP contribution in [-0.4, -0.2) is 50.7 Å². The summed E-state index contributed by atoms with van der Waals surface area (Å²) < 4.78 is 38.4. The van der Waals surface area contributed by atoms with Gasteiger partial charge in [0, 0.05) is 48.0 Å². The Labute approximate surface area is 369 Å². The third kappa shape index (κ3) is 10.4. The van der Waals surface area contributed by atoms with Crippen LogP contribution < -0.4 is 34.6 Å². The molecule has 3 saturated carbocycles. The first-order valence-corrected chi connectivity index (χ1v) is 21.3. The number of hydrogen-bond donors (Lipinski definition) is 1. The summed E-state index contributed by atoms with van der Waals surface area (Å²) in [6.07, 6.45) is 9.60. The van der Waals surface area contributed by atoms with Gasteiger partial charge in [0.25, 0.3) is 5.56 Å². The van der Waals surface area contributed by atoms with Gasteiger partial charge in [0.2, 0.25) is 6.79 Å². The van der Waals surface area contributed by atoms with E-state index in [2.05, 4.69) is 43.2 Å². The summed E-state index contributed by atoms with van der Waals surface area (Å²) in [4.78, 5) is 34.1. The molecule has 316 valence electrons. The molecule has 2 bridgehead atoms. The number of halogens is 1. The van der Waals surface area contributed by atoms with Crippen molar-refractivity contribution in [1.82, 2.24) is 14.6 Å². The zero-order valence-electron chi connectivity index (χ0n) is 36.3. The Balaban J connectivity index is 0.00000683. The van der Waals surface area contributed by atoms with E-state index >= 15 is 0 Å². The Morgan fingerprint density at radius 1 is 1.10 bits per heavy atom. The second-order valence-corrected chi connectivity index (χ2v) is 20.5. The van der Waals surface area contributed by atoms with Crippen LogP contribution in [0.4, 0.5) is 16.2 Å². The quantitative estimate of drug-likeness (QED) is 0.0462. The number of ether oxygens (including phenoxy) is 1. The first kappa shape index (κ1) is 47.2. The molecule has 0 saturated heterocycles. The summed E-state index contributed by atoms with van der Waals surface area (Å²) in [5.41, 5.74) is -0.826. The topological polar surface area (TPSA) is 172 Å². The molecule has 1 amide bonds. The Morgan fingerprint density at radius 2 is 1.75 bits per heavy atom. The van der Waals surface area contributed by atoms with Gasteiger partial charge >= 0.3 is 32.8 Å². The van der Waals surface area contributed by atoms with Gasteiger partial charge in [-0.15, -0.1) is 0 Å². The van der Waals surface area contributed by atoms with Crippen molar-refractivity contribution in [3.63, 3.8) is 0 Å². The van der Waals surface area contributed by atoms with Crippen molar-refractivity contribution in [2.24, 2.45) is 18.4 Å². The Kier molecular flexibility index (Phi) is 13.7. The summed E-state index contributed by atoms with van der Waals surface area (Å²) in [6.45, 7) is 16.0. The second kappa shape index (κ2) is 17.5. The van der Waals surface area contributed by atoms with Crippen LogP contribution in [0.5, 0.6) is 0 Å². The van der Waals surface area contributed by atoms with Gasteiger partial charge in [-0.25, -0.2) is 20.1 Å². The van der Waals surface area contributed by atoms with Crippen LogP contribution in [0.25, 0.3) is 27.5 Å². The summed E-state index contributed by atoms with van der Waals surface area (Å²) in [5, 5.41) is 16.5. The second-order valence-electron chi connectivity index (χ2n) is 18.6. The maximum absolute atomic E-state index is 14.8. The van der Waals surface area contributed by atoms with Crippen molar-refractivity contribution in [2.45, 2.75) is 104 Å². The van der Waals surface area contributed by atoms with Gasteiger partial charge in [-0.2, -0.15) is 5.26 Å². The number of nitrogens with zero attached hydrogens (tertiary/aromatic N) is 5. The zero-order chi connectivity index (χ0) is 43.3. The minimum atomic E-state index is -4.31. The largest absolute Gasteiger partial charge is 1.00 e. The van der Waals surface area contributed by atoms with E-state index < -0.39 is 38.0 Å². The fraction of sp³-hybridized carbons (Fsp3) is 0.488. The summed E-state index contributed by atoms with van der Waals surface area (Å²) in [7, 11) is -2.66. The molecular weight excluding hydrogens is 800 g/mol. The van der Waals surface area contributed by atoms with E-state index in [4.69, 9.17) is 35.8 Å². The number of pyridine rings is 2. The van der Waals surface area contributed by atoms with Crippen molar-refractivity contribution in [3.8, 4) is 6.07 Å². The van der Waals surface area contributed by atoms with Crippen molar-refractivity contribution in [3.05, 3.63) is 93.4 Å². The molecule has 2 heterocycles. The molecule has 0 unspecified atom stereocenters. The molecule has 17 heteroatoms. The average Bonchev–Trinajstić information content (AvgIpc) is 3.06. The molecule has 4 aromatic rings. The van der Waals surface area contributed by atoms with E-state index in [0.29, 0.717) is 45.4 Å². The van der Waals surface area contributed by atoms with Crippen molar-refractivity contribution in [2.75, 3.05) is 23.6 Å². The minimum absolute atomic E-state index is 0. The Hall–Kier alpha value is -3.88. The van der Waals surface area contributed by atoms with Crippen LogP contribution in [0.3, 0.4) is 0 Å². The van der Waals surface area contributed by atoms with Crippen LogP contribution in [0.15, 0.2) is 59.8 Å². The van der Waals surface area contributed by atoms with Gasteiger partial charge in [0.15, 0.2) is 0 Å². The third-order valence-corrected chi connectivity index (χ3v) is 12.3. The molecule has 3 aliphatic carbocycles. The summed E-state index contributed by atoms with van der Waals surface area (Å²) in [5.74, 6) is 9.61. The monoisotopic (exact) mass is 852 g/mol. The van der Waals surface area contributed by atoms with Crippen LogP contribution >= 0.6 is 19.4 Å². The smallest absolute Gasteiger partial charge is 0.586 e. The number of carbonyl (C=O) groups is 1. The number of carbonyl (C=O) groups excluding carboxylic acids is 1. The predicted molar refractivity (Wildman–Crippen MR) is 230 cm³/mol. The van der Waals surface area contributed by atoms with E-state index in [1.54, 1.807) is 91.2 Å². The first-order chi connectivity index (χ1) is 27.4. The van der Waals surface area contributed by atoms with Crippen LogP contribution in [0.2, 0.25) is 5.02 Å². The van der Waals surface area contributed by atoms with Gasteiger partial charge in [0.1, 0.15) is 6.07 Å². The number of phosphoric ester groups is 1. The third-order valence-electron chi connectivity index (χ3n) is 10.1. The molecular formula is C43H53ClLiN7O7P-. The van der Waals surface area contributed by atoms with Gasteiger partial charge in [-0.1, -0.05) is 50.5 Å². The number of nitrogens with one attached hydrogen (secondary N) is 2. The zero-order valence-corrected chi connectivity index (χ0v) is 38.0. The molecule has 0 radical (unpaired) electrons. The fourth-order valence-electron chi connectivity index (χ4n) is 7.28. The Morgan fingerprint density at radius 3 is 2.32 bits per heavy atom. The molecule has 0 aliphatic heterocycles. The molecule has 14 nitrogen and oxygen atoms in total. The molecule has 2 aromatic carbocycles. The van der Waals surface area contributed by atoms with E-state index in [0.717, 1.165) is 19.3 Å². The first-order valence-electron chi connectivity index (χ1n) is 19.5. The number of rotatable bonds is 13. The number of phosphoric acid groups is 1. The van der Waals surface area contributed by atoms with Gasteiger partial charge < -0.3 is 31.5 Å². The number of nitriles is 1. The molecule has 3 fully saturated rings. The van der Waals surface area contributed by atoms with E-state index in [9.17, 15) is 19.4 Å². The predicted octanol–water partition coefficient (Wildman–Crippen LogP) is 7.61. The number of anilines is 2. The SMILES string of the molecule is Cn1ccc2c([C@@H]([C-]=CN([NH-])C34CC(C3)C4)N(C(=O)OCOP(=O)(OC(C)(C)C)OC(C)(C)C)c3cc(Cl)c4ncc(C#N)c(NCC(C)(C)C)c4c3)cccc2c1=O.[Li+]. The van der Waals surface area contributed by atoms with E-state index in [1.165, 1.54) is 26.9 Å². The van der Waals surface area contributed by atoms with Crippen molar-refractivity contribution >= 4 is 58.6 Å². The van der Waals surface area contributed by atoms with E-state index in [1.807, 2.05) is 0 Å². The molecule has 60 heavy (non-hydrogen) atoms. The normalized spacial score (nSPS) is 18.3. The fourth-order valence-corrected chi connectivity index (χ4v) is 9.21. The molecule has 2 aromatic heterocycles. The standard InChI is InChI=1S/C43H53ClN7O7P.Li/c1-40(2,3)25-48-36-28(23-45)24-47-37-33(36)18-29(19-34(37)44)51(39(53)55-26-56-59(54,57-41(4,5)6)58-42(7,8)9)35(15-17-50(46)43-20-27(21-43)22-43)31-12-11-13-32-30(31)14-16-49(10)38(32)52;/h11-14,16-19,24,27,35,46H,20-22,25-26H2,1-10H3,(H,47,48);/q-2;+1/t27?,35-,43?;/m1./s1. The Bertz CT molecular complexity index is 2410.